The summed E-state index contributed by atoms with van der Waals surface area (Å²) in [6.45, 7) is 4.40. The lowest BCUT2D eigenvalue weighted by molar-refractivity contribution is -0.159. The first-order chi connectivity index (χ1) is 15.8. The molecule has 1 aliphatic heterocycles. The Kier molecular flexibility index (Phi) is 7.76. The molecule has 8 nitrogen and oxygen atoms in total. The minimum absolute atomic E-state index is 0.189. The molecule has 2 aromatic rings. The van der Waals surface area contributed by atoms with Gasteiger partial charge in [0.05, 0.1) is 12.2 Å². The van der Waals surface area contributed by atoms with Gasteiger partial charge in [-0.1, -0.05) is 19.1 Å². The van der Waals surface area contributed by atoms with Crippen molar-refractivity contribution in [3.63, 3.8) is 0 Å². The van der Waals surface area contributed by atoms with Gasteiger partial charge in [-0.05, 0) is 55.3 Å². The second kappa shape index (κ2) is 10.7. The lowest BCUT2D eigenvalue weighted by Gasteiger charge is -2.37. The van der Waals surface area contributed by atoms with E-state index >= 15 is 0 Å². The normalized spacial score (nSPS) is 14.8. The summed E-state index contributed by atoms with van der Waals surface area (Å²) >= 11 is 0. The first kappa shape index (κ1) is 23.9. The smallest absolute Gasteiger partial charge is 0.338 e. The van der Waals surface area contributed by atoms with Crippen molar-refractivity contribution >= 4 is 29.4 Å². The molecular formula is C24H26FN3O5. The molecule has 0 unspecified atom stereocenters. The van der Waals surface area contributed by atoms with Crippen LogP contribution in [-0.2, 0) is 25.7 Å². The average molecular weight is 455 g/mol. The Balaban J connectivity index is 1.63. The van der Waals surface area contributed by atoms with Gasteiger partial charge in [-0.15, -0.1) is 0 Å². The van der Waals surface area contributed by atoms with Crippen LogP contribution in [0.1, 0.15) is 36.2 Å². The van der Waals surface area contributed by atoms with Crippen LogP contribution in [0, 0.1) is 5.82 Å². The standard InChI is InChI=1S/C24H26FN3O5/c1-3-20(21(29)26-19-11-7-17(8-12-19)24(32)33-4-2)28-14-13-27(22(30)23(28)31)15-16-5-9-18(25)10-6-16/h5-12,20H,3-4,13-15H2,1-2H3,(H,26,29)/t20-/m0/s1. The number of ether oxygens (including phenoxy) is 1. The fraction of sp³-hybridized carbons (Fsp3) is 0.333. The van der Waals surface area contributed by atoms with E-state index in [0.717, 1.165) is 0 Å². The molecule has 1 heterocycles. The van der Waals surface area contributed by atoms with Crippen molar-refractivity contribution in [1.82, 2.24) is 9.80 Å². The van der Waals surface area contributed by atoms with Gasteiger partial charge in [0.2, 0.25) is 5.91 Å². The molecule has 0 saturated carbocycles. The van der Waals surface area contributed by atoms with Gasteiger partial charge in [0.25, 0.3) is 0 Å². The second-order valence-corrected chi connectivity index (χ2v) is 7.56. The number of hydrogen-bond acceptors (Lipinski definition) is 5. The van der Waals surface area contributed by atoms with Crippen molar-refractivity contribution in [2.75, 3.05) is 25.0 Å². The predicted octanol–water partition coefficient (Wildman–Crippen LogP) is 2.59. The van der Waals surface area contributed by atoms with Gasteiger partial charge in [0.15, 0.2) is 0 Å². The number of nitrogens with one attached hydrogen (secondary N) is 1. The maximum atomic E-state index is 13.1. The van der Waals surface area contributed by atoms with Crippen LogP contribution in [0.3, 0.4) is 0 Å². The Labute approximate surface area is 191 Å². The van der Waals surface area contributed by atoms with Gasteiger partial charge in [0.1, 0.15) is 11.9 Å². The molecule has 0 bridgehead atoms. The van der Waals surface area contributed by atoms with E-state index in [-0.39, 0.29) is 32.1 Å². The number of nitrogens with zero attached hydrogens (tertiary/aromatic N) is 2. The molecule has 9 heteroatoms. The Hall–Kier alpha value is -3.75. The molecule has 1 N–H and O–H groups in total. The summed E-state index contributed by atoms with van der Waals surface area (Å²) in [5.41, 5.74) is 1.53. The van der Waals surface area contributed by atoms with Crippen LogP contribution < -0.4 is 5.32 Å². The Morgan fingerprint density at radius 1 is 1.00 bits per heavy atom. The summed E-state index contributed by atoms with van der Waals surface area (Å²) in [5.74, 6) is -2.70. The highest BCUT2D eigenvalue weighted by molar-refractivity contribution is 6.35. The monoisotopic (exact) mass is 455 g/mol. The van der Waals surface area contributed by atoms with Crippen molar-refractivity contribution in [3.8, 4) is 0 Å². The number of amides is 3. The number of piperazine rings is 1. The molecular weight excluding hydrogens is 429 g/mol. The predicted molar refractivity (Wildman–Crippen MR) is 119 cm³/mol. The van der Waals surface area contributed by atoms with Gasteiger partial charge in [0, 0.05) is 25.3 Å². The molecule has 1 saturated heterocycles. The van der Waals surface area contributed by atoms with Crippen LogP contribution in [0.5, 0.6) is 0 Å². The molecule has 1 fully saturated rings. The number of halogens is 1. The van der Waals surface area contributed by atoms with E-state index in [1.54, 1.807) is 38.1 Å². The zero-order valence-electron chi connectivity index (χ0n) is 18.5. The lowest BCUT2D eigenvalue weighted by atomic mass is 10.1. The molecule has 0 aromatic heterocycles. The third kappa shape index (κ3) is 5.74. The van der Waals surface area contributed by atoms with E-state index in [4.69, 9.17) is 4.74 Å². The molecule has 1 atom stereocenters. The SMILES string of the molecule is CCOC(=O)c1ccc(NC(=O)[C@H](CC)N2CCN(Cc3ccc(F)cc3)C(=O)C2=O)cc1. The first-order valence-electron chi connectivity index (χ1n) is 10.8. The van der Waals surface area contributed by atoms with E-state index in [2.05, 4.69) is 5.32 Å². The highest BCUT2D eigenvalue weighted by Gasteiger charge is 2.38. The Morgan fingerprint density at radius 2 is 1.67 bits per heavy atom. The maximum Gasteiger partial charge on any atom is 0.338 e. The van der Waals surface area contributed by atoms with Crippen LogP contribution in [0.15, 0.2) is 48.5 Å². The van der Waals surface area contributed by atoms with Crippen molar-refractivity contribution in [3.05, 3.63) is 65.5 Å². The third-order valence-electron chi connectivity index (χ3n) is 5.36. The fourth-order valence-corrected chi connectivity index (χ4v) is 3.63. The van der Waals surface area contributed by atoms with Gasteiger partial charge in [-0.25, -0.2) is 9.18 Å². The number of esters is 1. The molecule has 0 aliphatic carbocycles. The van der Waals surface area contributed by atoms with Crippen LogP contribution in [-0.4, -0.2) is 59.2 Å². The van der Waals surface area contributed by atoms with Crippen LogP contribution in [0.4, 0.5) is 10.1 Å². The molecule has 0 radical (unpaired) electrons. The quantitative estimate of drug-likeness (QED) is 0.488. The molecule has 2 aromatic carbocycles. The van der Waals surface area contributed by atoms with Crippen molar-refractivity contribution < 1.29 is 28.3 Å². The first-order valence-corrected chi connectivity index (χ1v) is 10.8. The van der Waals surface area contributed by atoms with Crippen molar-refractivity contribution in [1.29, 1.82) is 0 Å². The minimum atomic E-state index is -0.820. The van der Waals surface area contributed by atoms with Crippen LogP contribution >= 0.6 is 0 Å². The van der Waals surface area contributed by atoms with Gasteiger partial charge >= 0.3 is 17.8 Å². The van der Waals surface area contributed by atoms with Gasteiger partial charge in [-0.2, -0.15) is 0 Å². The number of anilines is 1. The molecule has 0 spiro atoms. The van der Waals surface area contributed by atoms with Crippen LogP contribution in [0.2, 0.25) is 0 Å². The van der Waals surface area contributed by atoms with E-state index in [1.807, 2.05) is 0 Å². The van der Waals surface area contributed by atoms with Crippen LogP contribution in [0.25, 0.3) is 0 Å². The fourth-order valence-electron chi connectivity index (χ4n) is 3.63. The van der Waals surface area contributed by atoms with Gasteiger partial charge in [-0.3, -0.25) is 14.4 Å². The number of hydrogen-bond donors (Lipinski definition) is 1. The summed E-state index contributed by atoms with van der Waals surface area (Å²) in [7, 11) is 0. The average Bonchev–Trinajstić information content (AvgIpc) is 2.81. The number of carbonyl (C=O) groups excluding carboxylic acids is 4. The largest absolute Gasteiger partial charge is 0.462 e. The molecule has 3 rings (SSSR count). The topological polar surface area (TPSA) is 96.0 Å². The maximum absolute atomic E-state index is 13.1. The highest BCUT2D eigenvalue weighted by atomic mass is 19.1. The number of carbonyl (C=O) groups is 4. The molecule has 33 heavy (non-hydrogen) atoms. The summed E-state index contributed by atoms with van der Waals surface area (Å²) in [4.78, 5) is 52.7. The van der Waals surface area contributed by atoms with E-state index in [1.165, 1.54) is 34.1 Å². The highest BCUT2D eigenvalue weighted by Crippen LogP contribution is 2.17. The summed E-state index contributed by atoms with van der Waals surface area (Å²) in [6, 6.07) is 11.1. The Morgan fingerprint density at radius 3 is 2.27 bits per heavy atom. The number of benzene rings is 2. The second-order valence-electron chi connectivity index (χ2n) is 7.56. The summed E-state index contributed by atoms with van der Waals surface area (Å²) in [6.07, 6.45) is 0.323. The van der Waals surface area contributed by atoms with Crippen molar-refractivity contribution in [2.24, 2.45) is 0 Å². The zero-order chi connectivity index (χ0) is 24.0. The third-order valence-corrected chi connectivity index (χ3v) is 5.36. The molecule has 1 aliphatic rings. The summed E-state index contributed by atoms with van der Waals surface area (Å²) in [5, 5.41) is 2.73. The zero-order valence-corrected chi connectivity index (χ0v) is 18.5. The van der Waals surface area contributed by atoms with E-state index < -0.39 is 29.7 Å². The Bertz CT molecular complexity index is 1020. The van der Waals surface area contributed by atoms with Gasteiger partial charge < -0.3 is 19.9 Å². The van der Waals surface area contributed by atoms with E-state index in [0.29, 0.717) is 23.2 Å². The summed E-state index contributed by atoms with van der Waals surface area (Å²) < 4.78 is 18.0. The van der Waals surface area contributed by atoms with E-state index in [9.17, 15) is 23.6 Å². The van der Waals surface area contributed by atoms with Crippen molar-refractivity contribution in [2.45, 2.75) is 32.9 Å². The lowest BCUT2D eigenvalue weighted by Crippen LogP contribution is -2.59. The number of rotatable bonds is 8. The molecule has 3 amide bonds. The molecule has 174 valence electrons. The minimum Gasteiger partial charge on any atom is -0.462 e.